The molecule has 1 aromatic rings. The van der Waals surface area contributed by atoms with E-state index >= 15 is 0 Å². The summed E-state index contributed by atoms with van der Waals surface area (Å²) in [5.74, 6) is -0.472. The van der Waals surface area contributed by atoms with Gasteiger partial charge in [0, 0.05) is 11.0 Å². The van der Waals surface area contributed by atoms with Crippen molar-refractivity contribution in [3.63, 3.8) is 0 Å². The average molecular weight is 238 g/mol. The minimum Gasteiger partial charge on any atom is -0.504 e. The van der Waals surface area contributed by atoms with Gasteiger partial charge in [-0.15, -0.1) is 0 Å². The molecule has 0 aliphatic rings. The highest BCUT2D eigenvalue weighted by atomic mass is 16.5. The first-order valence-electron chi connectivity index (χ1n) is 5.55. The number of hydrogen-bond donors (Lipinski definition) is 2. The molecule has 0 aliphatic carbocycles. The fraction of sp³-hybridized carbons (Fsp3) is 0.462. The van der Waals surface area contributed by atoms with Gasteiger partial charge in [-0.05, 0) is 13.0 Å². The third kappa shape index (κ3) is 3.12. The second-order valence-electron chi connectivity index (χ2n) is 4.54. The molecular weight excluding hydrogens is 220 g/mol. The van der Waals surface area contributed by atoms with Crippen molar-refractivity contribution in [2.24, 2.45) is 0 Å². The van der Waals surface area contributed by atoms with Crippen LogP contribution in [0.1, 0.15) is 32.8 Å². The predicted octanol–water partition coefficient (Wildman–Crippen LogP) is 2.54. The highest BCUT2D eigenvalue weighted by Gasteiger charge is 2.28. The van der Waals surface area contributed by atoms with Crippen LogP contribution in [-0.4, -0.2) is 22.8 Å². The first kappa shape index (κ1) is 13.4. The lowest BCUT2D eigenvalue weighted by Crippen LogP contribution is -2.21. The molecule has 17 heavy (non-hydrogen) atoms. The van der Waals surface area contributed by atoms with Gasteiger partial charge in [-0.3, -0.25) is 4.79 Å². The molecule has 0 aliphatic heterocycles. The van der Waals surface area contributed by atoms with Crippen LogP contribution in [0.25, 0.3) is 0 Å². The maximum Gasteiger partial charge on any atom is 0.304 e. The van der Waals surface area contributed by atoms with Crippen molar-refractivity contribution in [3.8, 4) is 11.5 Å². The van der Waals surface area contributed by atoms with Crippen LogP contribution in [0.3, 0.4) is 0 Å². The Kier molecular flexibility index (Phi) is 3.99. The monoisotopic (exact) mass is 238 g/mol. The van der Waals surface area contributed by atoms with E-state index in [0.29, 0.717) is 17.9 Å². The number of phenolic OH excluding ortho intramolecular Hbond substituents is 1. The molecule has 4 heteroatoms. The molecule has 0 unspecified atom stereocenters. The summed E-state index contributed by atoms with van der Waals surface area (Å²) in [5, 5.41) is 18.9. The fourth-order valence-corrected chi connectivity index (χ4v) is 1.81. The van der Waals surface area contributed by atoms with Gasteiger partial charge >= 0.3 is 5.97 Å². The number of phenols is 1. The number of carboxylic acids is 1. The maximum absolute atomic E-state index is 10.8. The quantitative estimate of drug-likeness (QED) is 0.827. The lowest BCUT2D eigenvalue weighted by Gasteiger charge is -2.24. The summed E-state index contributed by atoms with van der Waals surface area (Å²) in [5.41, 5.74) is -0.0471. The van der Waals surface area contributed by atoms with Gasteiger partial charge in [0.25, 0.3) is 0 Å². The molecule has 0 heterocycles. The van der Waals surface area contributed by atoms with Gasteiger partial charge in [0.1, 0.15) is 0 Å². The van der Waals surface area contributed by atoms with Gasteiger partial charge in [0.05, 0.1) is 13.0 Å². The number of aliphatic carboxylic acids is 1. The standard InChI is InChI=1S/C13H18O4/c1-4-17-10-7-5-6-9(12(10)16)13(2,3)8-11(14)15/h5-7,16H,4,8H2,1-3H3,(H,14,15). The molecule has 0 saturated carbocycles. The van der Waals surface area contributed by atoms with Crippen LogP contribution in [0.15, 0.2) is 18.2 Å². The summed E-state index contributed by atoms with van der Waals surface area (Å²) in [6.07, 6.45) is -0.0455. The summed E-state index contributed by atoms with van der Waals surface area (Å²) < 4.78 is 5.28. The molecule has 0 saturated heterocycles. The van der Waals surface area contributed by atoms with E-state index < -0.39 is 11.4 Å². The van der Waals surface area contributed by atoms with Crippen LogP contribution in [0.5, 0.6) is 11.5 Å². The molecule has 1 aromatic carbocycles. The first-order valence-corrected chi connectivity index (χ1v) is 5.55. The van der Waals surface area contributed by atoms with Crippen molar-refractivity contribution >= 4 is 5.97 Å². The van der Waals surface area contributed by atoms with Crippen LogP contribution in [0.2, 0.25) is 0 Å². The summed E-state index contributed by atoms with van der Waals surface area (Å²) in [6, 6.07) is 5.14. The predicted molar refractivity (Wildman–Crippen MR) is 64.6 cm³/mol. The SMILES string of the molecule is CCOc1cccc(C(C)(C)CC(=O)O)c1O. The van der Waals surface area contributed by atoms with Crippen molar-refractivity contribution in [3.05, 3.63) is 23.8 Å². The summed E-state index contributed by atoms with van der Waals surface area (Å²) in [6.45, 7) is 5.85. The van der Waals surface area contributed by atoms with Gasteiger partial charge in [-0.2, -0.15) is 0 Å². The highest BCUT2D eigenvalue weighted by molar-refractivity contribution is 5.69. The number of rotatable bonds is 5. The number of benzene rings is 1. The molecule has 1 rings (SSSR count). The number of aromatic hydroxyl groups is 1. The summed E-state index contributed by atoms with van der Waals surface area (Å²) >= 11 is 0. The summed E-state index contributed by atoms with van der Waals surface area (Å²) in [7, 11) is 0. The van der Waals surface area contributed by atoms with Gasteiger partial charge in [-0.1, -0.05) is 26.0 Å². The van der Waals surface area contributed by atoms with E-state index in [1.165, 1.54) is 0 Å². The molecule has 94 valence electrons. The molecule has 4 nitrogen and oxygen atoms in total. The summed E-state index contributed by atoms with van der Waals surface area (Å²) in [4.78, 5) is 10.8. The van der Waals surface area contributed by atoms with Crippen LogP contribution in [-0.2, 0) is 10.2 Å². The topological polar surface area (TPSA) is 66.8 Å². The number of ether oxygens (including phenoxy) is 1. The van der Waals surface area contributed by atoms with Crippen molar-refractivity contribution in [1.82, 2.24) is 0 Å². The Balaban J connectivity index is 3.13. The number of para-hydroxylation sites is 1. The smallest absolute Gasteiger partial charge is 0.304 e. The van der Waals surface area contributed by atoms with Crippen molar-refractivity contribution in [1.29, 1.82) is 0 Å². The lowest BCUT2D eigenvalue weighted by molar-refractivity contribution is -0.138. The second-order valence-corrected chi connectivity index (χ2v) is 4.54. The Morgan fingerprint density at radius 3 is 2.59 bits per heavy atom. The zero-order valence-electron chi connectivity index (χ0n) is 10.4. The normalized spacial score (nSPS) is 11.2. The van der Waals surface area contributed by atoms with E-state index in [9.17, 15) is 9.90 Å². The third-order valence-electron chi connectivity index (χ3n) is 2.62. The lowest BCUT2D eigenvalue weighted by atomic mass is 9.81. The van der Waals surface area contributed by atoms with Gasteiger partial charge in [0.2, 0.25) is 0 Å². The number of carboxylic acid groups (broad SMARTS) is 1. The number of carbonyl (C=O) groups is 1. The van der Waals surface area contributed by atoms with E-state index in [2.05, 4.69) is 0 Å². The fourth-order valence-electron chi connectivity index (χ4n) is 1.81. The van der Waals surface area contributed by atoms with Gasteiger partial charge in [0.15, 0.2) is 11.5 Å². The van der Waals surface area contributed by atoms with Crippen LogP contribution >= 0.6 is 0 Å². The molecule has 0 amide bonds. The van der Waals surface area contributed by atoms with Crippen LogP contribution < -0.4 is 4.74 Å². The van der Waals surface area contributed by atoms with E-state index in [-0.39, 0.29) is 12.2 Å². The molecule has 0 fully saturated rings. The molecule has 0 radical (unpaired) electrons. The first-order chi connectivity index (χ1) is 7.88. The van der Waals surface area contributed by atoms with E-state index in [0.717, 1.165) is 0 Å². The van der Waals surface area contributed by atoms with Crippen molar-refractivity contribution in [2.45, 2.75) is 32.6 Å². The molecule has 0 aromatic heterocycles. The Hall–Kier alpha value is -1.71. The van der Waals surface area contributed by atoms with E-state index in [4.69, 9.17) is 9.84 Å². The molecule has 0 spiro atoms. The minimum absolute atomic E-state index is 0.0283. The van der Waals surface area contributed by atoms with E-state index in [1.54, 1.807) is 32.0 Å². The van der Waals surface area contributed by atoms with Gasteiger partial charge < -0.3 is 14.9 Å². The number of hydrogen-bond acceptors (Lipinski definition) is 3. The van der Waals surface area contributed by atoms with Crippen molar-refractivity contribution < 1.29 is 19.7 Å². The Morgan fingerprint density at radius 1 is 1.41 bits per heavy atom. The van der Waals surface area contributed by atoms with E-state index in [1.807, 2.05) is 6.92 Å². The second kappa shape index (κ2) is 5.08. The molecule has 0 bridgehead atoms. The largest absolute Gasteiger partial charge is 0.504 e. The van der Waals surface area contributed by atoms with Crippen LogP contribution in [0.4, 0.5) is 0 Å². The zero-order chi connectivity index (χ0) is 13.1. The zero-order valence-corrected chi connectivity index (χ0v) is 10.4. The Bertz CT molecular complexity index is 410. The molecule has 2 N–H and O–H groups in total. The maximum atomic E-state index is 10.8. The van der Waals surface area contributed by atoms with Gasteiger partial charge in [-0.25, -0.2) is 0 Å². The third-order valence-corrected chi connectivity index (χ3v) is 2.62. The molecule has 0 atom stereocenters. The Labute approximate surface area is 101 Å². The minimum atomic E-state index is -0.892. The van der Waals surface area contributed by atoms with Crippen LogP contribution in [0, 0.1) is 0 Å². The molecular formula is C13H18O4. The average Bonchev–Trinajstić information content (AvgIpc) is 2.19. The Morgan fingerprint density at radius 2 is 2.06 bits per heavy atom. The highest BCUT2D eigenvalue weighted by Crippen LogP contribution is 2.39. The van der Waals surface area contributed by atoms with Crippen molar-refractivity contribution in [2.75, 3.05) is 6.61 Å².